The second-order valence-corrected chi connectivity index (χ2v) is 3.72. The summed E-state index contributed by atoms with van der Waals surface area (Å²) in [5, 5.41) is 11.3. The molecule has 0 amide bonds. The number of ether oxygens (including phenoxy) is 1. The molecule has 0 radical (unpaired) electrons. The van der Waals surface area contributed by atoms with Crippen molar-refractivity contribution in [2.75, 3.05) is 7.11 Å². The fourth-order valence-corrected chi connectivity index (χ4v) is 1.73. The van der Waals surface area contributed by atoms with Crippen molar-refractivity contribution in [3.05, 3.63) is 16.1 Å². The fourth-order valence-electron chi connectivity index (χ4n) is 0.845. The molecule has 0 unspecified atom stereocenters. The highest BCUT2D eigenvalue weighted by molar-refractivity contribution is 7.09. The first kappa shape index (κ1) is 11.1. The van der Waals surface area contributed by atoms with Crippen LogP contribution in [0.1, 0.15) is 28.5 Å². The van der Waals surface area contributed by atoms with Crippen molar-refractivity contribution in [2.45, 2.75) is 19.1 Å². The van der Waals surface area contributed by atoms with E-state index >= 15 is 0 Å². The summed E-state index contributed by atoms with van der Waals surface area (Å²) in [6.45, 7) is 1.57. The molecular weight excluding hydrogens is 204 g/mol. The average molecular weight is 216 g/mol. The summed E-state index contributed by atoms with van der Waals surface area (Å²) >= 11 is 1.23. The lowest BCUT2D eigenvalue weighted by molar-refractivity contribution is 0.0594. The standard InChI is InChI=1S/C8H12N2O3S/c1-4(11)6(9)7-10-5(3-14-7)8(12)13-2/h3-4,6,11H,9H2,1-2H3/t4-,6+/m1/s1. The molecule has 1 aromatic rings. The van der Waals surface area contributed by atoms with Gasteiger partial charge in [-0.3, -0.25) is 0 Å². The smallest absolute Gasteiger partial charge is 0.357 e. The topological polar surface area (TPSA) is 85.4 Å². The van der Waals surface area contributed by atoms with Crippen molar-refractivity contribution in [3.63, 3.8) is 0 Å². The monoisotopic (exact) mass is 216 g/mol. The summed E-state index contributed by atoms with van der Waals surface area (Å²) < 4.78 is 4.49. The molecule has 0 aliphatic heterocycles. The number of carbonyl (C=O) groups excluding carboxylic acids is 1. The van der Waals surface area contributed by atoms with Crippen molar-refractivity contribution in [1.29, 1.82) is 0 Å². The molecule has 0 saturated carbocycles. The van der Waals surface area contributed by atoms with E-state index < -0.39 is 18.1 Å². The highest BCUT2D eigenvalue weighted by atomic mass is 32.1. The number of hydrogen-bond acceptors (Lipinski definition) is 6. The average Bonchev–Trinajstić information content (AvgIpc) is 2.64. The molecule has 78 valence electrons. The SMILES string of the molecule is COC(=O)c1csc([C@@H](N)[C@@H](C)O)n1. The Morgan fingerprint density at radius 3 is 2.93 bits per heavy atom. The maximum Gasteiger partial charge on any atom is 0.357 e. The minimum Gasteiger partial charge on any atom is -0.464 e. The molecular formula is C8H12N2O3S. The molecule has 1 aromatic heterocycles. The number of aromatic nitrogens is 1. The summed E-state index contributed by atoms with van der Waals surface area (Å²) in [7, 11) is 1.29. The minimum absolute atomic E-state index is 0.226. The molecule has 14 heavy (non-hydrogen) atoms. The van der Waals surface area contributed by atoms with E-state index in [1.54, 1.807) is 12.3 Å². The number of aliphatic hydroxyl groups is 1. The number of nitrogens with zero attached hydrogens (tertiary/aromatic N) is 1. The van der Waals surface area contributed by atoms with Gasteiger partial charge in [0, 0.05) is 5.38 Å². The lowest BCUT2D eigenvalue weighted by Crippen LogP contribution is -2.23. The van der Waals surface area contributed by atoms with Gasteiger partial charge in [0.15, 0.2) is 5.69 Å². The van der Waals surface area contributed by atoms with Crippen LogP contribution >= 0.6 is 11.3 Å². The zero-order chi connectivity index (χ0) is 10.7. The highest BCUT2D eigenvalue weighted by Crippen LogP contribution is 2.19. The van der Waals surface area contributed by atoms with E-state index in [9.17, 15) is 9.90 Å². The second kappa shape index (κ2) is 4.50. The van der Waals surface area contributed by atoms with E-state index in [1.807, 2.05) is 0 Å². The van der Waals surface area contributed by atoms with Gasteiger partial charge < -0.3 is 15.6 Å². The molecule has 3 N–H and O–H groups in total. The molecule has 0 aliphatic rings. The van der Waals surface area contributed by atoms with Crippen LogP contribution in [0.2, 0.25) is 0 Å². The number of esters is 1. The van der Waals surface area contributed by atoms with E-state index in [1.165, 1.54) is 18.4 Å². The Morgan fingerprint density at radius 1 is 1.79 bits per heavy atom. The number of aliphatic hydroxyl groups excluding tert-OH is 1. The number of hydrogen-bond donors (Lipinski definition) is 2. The summed E-state index contributed by atoms with van der Waals surface area (Å²) in [4.78, 5) is 15.0. The Hall–Kier alpha value is -0.980. The van der Waals surface area contributed by atoms with Crippen LogP contribution in [0.15, 0.2) is 5.38 Å². The van der Waals surface area contributed by atoms with Gasteiger partial charge in [-0.2, -0.15) is 0 Å². The van der Waals surface area contributed by atoms with Crippen LogP contribution in [-0.2, 0) is 4.74 Å². The molecule has 2 atom stereocenters. The van der Waals surface area contributed by atoms with Crippen molar-refractivity contribution in [1.82, 2.24) is 4.98 Å². The van der Waals surface area contributed by atoms with E-state index in [-0.39, 0.29) is 5.69 Å². The van der Waals surface area contributed by atoms with Crippen molar-refractivity contribution < 1.29 is 14.6 Å². The van der Waals surface area contributed by atoms with Crippen LogP contribution in [-0.4, -0.2) is 29.3 Å². The van der Waals surface area contributed by atoms with Crippen LogP contribution in [0, 0.1) is 0 Å². The second-order valence-electron chi connectivity index (χ2n) is 2.83. The molecule has 0 aliphatic carbocycles. The first-order valence-electron chi connectivity index (χ1n) is 4.03. The summed E-state index contributed by atoms with van der Waals surface area (Å²) in [5.41, 5.74) is 5.86. The lowest BCUT2D eigenvalue weighted by atomic mass is 10.2. The first-order valence-corrected chi connectivity index (χ1v) is 4.91. The number of rotatable bonds is 3. The van der Waals surface area contributed by atoms with Gasteiger partial charge in [0.1, 0.15) is 5.01 Å². The highest BCUT2D eigenvalue weighted by Gasteiger charge is 2.18. The van der Waals surface area contributed by atoms with Gasteiger partial charge in [-0.25, -0.2) is 9.78 Å². The normalized spacial score (nSPS) is 14.9. The van der Waals surface area contributed by atoms with E-state index in [0.717, 1.165) is 0 Å². The Balaban J connectivity index is 2.82. The Kier molecular flexibility index (Phi) is 3.56. The molecule has 0 aromatic carbocycles. The van der Waals surface area contributed by atoms with Gasteiger partial charge in [-0.1, -0.05) is 0 Å². The molecule has 0 saturated heterocycles. The molecule has 1 heterocycles. The summed E-state index contributed by atoms with van der Waals surface area (Å²) in [5.74, 6) is -0.495. The van der Waals surface area contributed by atoms with Gasteiger partial charge in [-0.15, -0.1) is 11.3 Å². The predicted octanol–water partition coefficient (Wildman–Crippen LogP) is 0.310. The molecule has 6 heteroatoms. The van der Waals surface area contributed by atoms with Gasteiger partial charge in [0.05, 0.1) is 19.3 Å². The van der Waals surface area contributed by atoms with Crippen LogP contribution in [0.5, 0.6) is 0 Å². The van der Waals surface area contributed by atoms with Crippen molar-refractivity contribution >= 4 is 17.3 Å². The summed E-state index contributed by atoms with van der Waals surface area (Å²) in [6, 6.07) is -0.557. The van der Waals surface area contributed by atoms with Crippen molar-refractivity contribution in [2.24, 2.45) is 5.73 Å². The largest absolute Gasteiger partial charge is 0.464 e. The third-order valence-electron chi connectivity index (χ3n) is 1.72. The molecule has 0 fully saturated rings. The Morgan fingerprint density at radius 2 is 2.43 bits per heavy atom. The maximum absolute atomic E-state index is 11.0. The molecule has 5 nitrogen and oxygen atoms in total. The lowest BCUT2D eigenvalue weighted by Gasteiger charge is -2.10. The molecule has 1 rings (SSSR count). The van der Waals surface area contributed by atoms with Crippen LogP contribution in [0.3, 0.4) is 0 Å². The zero-order valence-corrected chi connectivity index (χ0v) is 8.75. The van der Waals surface area contributed by atoms with Gasteiger partial charge in [0.25, 0.3) is 0 Å². The van der Waals surface area contributed by atoms with Crippen molar-refractivity contribution in [3.8, 4) is 0 Å². The third kappa shape index (κ3) is 2.28. The van der Waals surface area contributed by atoms with E-state index in [4.69, 9.17) is 5.73 Å². The van der Waals surface area contributed by atoms with Crippen LogP contribution < -0.4 is 5.73 Å². The number of methoxy groups -OCH3 is 1. The quantitative estimate of drug-likeness (QED) is 0.710. The van der Waals surface area contributed by atoms with Crippen LogP contribution in [0.25, 0.3) is 0 Å². The molecule has 0 spiro atoms. The zero-order valence-electron chi connectivity index (χ0n) is 7.93. The van der Waals surface area contributed by atoms with E-state index in [2.05, 4.69) is 9.72 Å². The molecule has 0 bridgehead atoms. The minimum atomic E-state index is -0.688. The number of thiazole rings is 1. The Bertz CT molecular complexity index is 324. The maximum atomic E-state index is 11.0. The third-order valence-corrected chi connectivity index (χ3v) is 2.67. The Labute approximate surface area is 85.5 Å². The van der Waals surface area contributed by atoms with Gasteiger partial charge in [0.2, 0.25) is 0 Å². The van der Waals surface area contributed by atoms with E-state index in [0.29, 0.717) is 5.01 Å². The fraction of sp³-hybridized carbons (Fsp3) is 0.500. The van der Waals surface area contributed by atoms with Crippen LogP contribution in [0.4, 0.5) is 0 Å². The van der Waals surface area contributed by atoms with Gasteiger partial charge >= 0.3 is 5.97 Å². The number of nitrogens with two attached hydrogens (primary N) is 1. The number of carbonyl (C=O) groups is 1. The van der Waals surface area contributed by atoms with Gasteiger partial charge in [-0.05, 0) is 6.92 Å². The summed E-state index contributed by atoms with van der Waals surface area (Å²) in [6.07, 6.45) is -0.688. The predicted molar refractivity (Wildman–Crippen MR) is 52.1 cm³/mol. The first-order chi connectivity index (χ1) is 6.56.